The molecule has 2 rings (SSSR count). The molecule has 18 heavy (non-hydrogen) atoms. The molecule has 1 aliphatic rings. The smallest absolute Gasteiger partial charge is 0.337 e. The van der Waals surface area contributed by atoms with Crippen molar-refractivity contribution in [3.63, 3.8) is 0 Å². The molecule has 2 unspecified atom stereocenters. The van der Waals surface area contributed by atoms with Crippen LogP contribution in [0.15, 0.2) is 24.3 Å². The number of carbonyl (C=O) groups is 1. The van der Waals surface area contributed by atoms with Gasteiger partial charge in [0, 0.05) is 11.7 Å². The summed E-state index contributed by atoms with van der Waals surface area (Å²) in [4.78, 5) is 11.3. The van der Waals surface area contributed by atoms with Gasteiger partial charge in [0.25, 0.3) is 0 Å². The molecule has 0 bridgehead atoms. The lowest BCUT2D eigenvalue weighted by molar-refractivity contribution is 0.0601. The van der Waals surface area contributed by atoms with E-state index in [4.69, 9.17) is 0 Å². The van der Waals surface area contributed by atoms with E-state index in [1.54, 1.807) is 12.1 Å². The highest BCUT2D eigenvalue weighted by atomic mass is 16.5. The zero-order valence-electron chi connectivity index (χ0n) is 11.1. The van der Waals surface area contributed by atoms with Crippen molar-refractivity contribution in [1.29, 1.82) is 0 Å². The first kappa shape index (κ1) is 12.9. The van der Waals surface area contributed by atoms with Crippen LogP contribution >= 0.6 is 0 Å². The fraction of sp³-hybridized carbons (Fsp3) is 0.533. The molecular formula is C15H21NO2. The van der Waals surface area contributed by atoms with Crippen LogP contribution in [0.4, 0.5) is 5.69 Å². The summed E-state index contributed by atoms with van der Waals surface area (Å²) in [7, 11) is 1.40. The Hall–Kier alpha value is -1.51. The van der Waals surface area contributed by atoms with Gasteiger partial charge in [-0.25, -0.2) is 4.79 Å². The summed E-state index contributed by atoms with van der Waals surface area (Å²) in [6.07, 6.45) is 5.13. The van der Waals surface area contributed by atoms with Crippen molar-refractivity contribution in [2.75, 3.05) is 12.4 Å². The van der Waals surface area contributed by atoms with Crippen molar-refractivity contribution in [2.24, 2.45) is 5.92 Å². The number of carbonyl (C=O) groups excluding carboxylic acids is 1. The number of rotatable bonds is 3. The van der Waals surface area contributed by atoms with Gasteiger partial charge in [-0.05, 0) is 43.0 Å². The van der Waals surface area contributed by atoms with Crippen LogP contribution in [0, 0.1) is 5.92 Å². The van der Waals surface area contributed by atoms with Gasteiger partial charge in [-0.3, -0.25) is 0 Å². The Morgan fingerprint density at radius 3 is 2.61 bits per heavy atom. The molecule has 98 valence electrons. The average molecular weight is 247 g/mol. The number of ether oxygens (including phenoxy) is 1. The summed E-state index contributed by atoms with van der Waals surface area (Å²) >= 11 is 0. The molecule has 1 aliphatic carbocycles. The standard InChI is InChI=1S/C15H21NO2/c1-11-4-3-5-14(10-11)16-13-8-6-12(7-9-13)15(17)18-2/h6-9,11,14,16H,3-5,10H2,1-2H3. The van der Waals surface area contributed by atoms with Crippen LogP contribution in [0.25, 0.3) is 0 Å². The van der Waals surface area contributed by atoms with Crippen molar-refractivity contribution in [2.45, 2.75) is 38.6 Å². The van der Waals surface area contributed by atoms with Crippen LogP contribution in [-0.4, -0.2) is 19.1 Å². The lowest BCUT2D eigenvalue weighted by atomic mass is 9.87. The summed E-state index contributed by atoms with van der Waals surface area (Å²) in [6, 6.07) is 8.08. The van der Waals surface area contributed by atoms with Gasteiger partial charge in [-0.15, -0.1) is 0 Å². The molecular weight excluding hydrogens is 226 g/mol. The van der Waals surface area contributed by atoms with Crippen molar-refractivity contribution in [3.05, 3.63) is 29.8 Å². The number of methoxy groups -OCH3 is 1. The number of hydrogen-bond acceptors (Lipinski definition) is 3. The third-order valence-corrected chi connectivity index (χ3v) is 3.61. The number of anilines is 1. The van der Waals surface area contributed by atoms with Gasteiger partial charge in [0.05, 0.1) is 12.7 Å². The molecule has 1 N–H and O–H groups in total. The Kier molecular flexibility index (Phi) is 4.24. The van der Waals surface area contributed by atoms with E-state index in [1.807, 2.05) is 12.1 Å². The Morgan fingerprint density at radius 1 is 1.28 bits per heavy atom. The molecule has 0 aliphatic heterocycles. The second-order valence-corrected chi connectivity index (χ2v) is 5.18. The molecule has 0 heterocycles. The van der Waals surface area contributed by atoms with Gasteiger partial charge in [0.1, 0.15) is 0 Å². The summed E-state index contributed by atoms with van der Waals surface area (Å²) in [6.45, 7) is 2.31. The second kappa shape index (κ2) is 5.89. The lowest BCUT2D eigenvalue weighted by Crippen LogP contribution is -2.26. The first-order chi connectivity index (χ1) is 8.69. The summed E-state index contributed by atoms with van der Waals surface area (Å²) in [5, 5.41) is 3.54. The number of nitrogens with one attached hydrogen (secondary N) is 1. The van der Waals surface area contributed by atoms with Crippen LogP contribution in [0.1, 0.15) is 43.0 Å². The van der Waals surface area contributed by atoms with Gasteiger partial charge in [-0.2, -0.15) is 0 Å². The third-order valence-electron chi connectivity index (χ3n) is 3.61. The van der Waals surface area contributed by atoms with E-state index in [9.17, 15) is 4.79 Å². The molecule has 1 aromatic rings. The van der Waals surface area contributed by atoms with Crippen molar-refractivity contribution in [1.82, 2.24) is 0 Å². The first-order valence-electron chi connectivity index (χ1n) is 6.64. The molecule has 0 aromatic heterocycles. The lowest BCUT2D eigenvalue weighted by Gasteiger charge is -2.28. The second-order valence-electron chi connectivity index (χ2n) is 5.18. The monoisotopic (exact) mass is 247 g/mol. The molecule has 0 amide bonds. The van der Waals surface area contributed by atoms with E-state index >= 15 is 0 Å². The minimum atomic E-state index is -0.284. The number of hydrogen-bond donors (Lipinski definition) is 1. The number of esters is 1. The zero-order chi connectivity index (χ0) is 13.0. The molecule has 1 saturated carbocycles. The summed E-state index contributed by atoms with van der Waals surface area (Å²) in [5.74, 6) is 0.526. The predicted molar refractivity (Wildman–Crippen MR) is 72.8 cm³/mol. The maximum atomic E-state index is 11.3. The molecule has 0 saturated heterocycles. The first-order valence-corrected chi connectivity index (χ1v) is 6.64. The molecule has 3 nitrogen and oxygen atoms in total. The van der Waals surface area contributed by atoms with E-state index in [2.05, 4.69) is 17.0 Å². The topological polar surface area (TPSA) is 38.3 Å². The molecule has 0 radical (unpaired) electrons. The van der Waals surface area contributed by atoms with Crippen LogP contribution < -0.4 is 5.32 Å². The van der Waals surface area contributed by atoms with Crippen molar-refractivity contribution < 1.29 is 9.53 Å². The Balaban J connectivity index is 1.95. The highest BCUT2D eigenvalue weighted by Gasteiger charge is 2.18. The van der Waals surface area contributed by atoms with Gasteiger partial charge in [0.15, 0.2) is 0 Å². The SMILES string of the molecule is COC(=O)c1ccc(NC2CCCC(C)C2)cc1. The average Bonchev–Trinajstić information content (AvgIpc) is 2.39. The van der Waals surface area contributed by atoms with Crippen molar-refractivity contribution in [3.8, 4) is 0 Å². The van der Waals surface area contributed by atoms with E-state index in [0.29, 0.717) is 11.6 Å². The quantitative estimate of drug-likeness (QED) is 0.831. The Labute approximate surface area is 109 Å². The molecule has 0 spiro atoms. The summed E-state index contributed by atoms with van der Waals surface area (Å²) in [5.41, 5.74) is 1.68. The maximum Gasteiger partial charge on any atom is 0.337 e. The van der Waals surface area contributed by atoms with Crippen LogP contribution in [0.2, 0.25) is 0 Å². The number of benzene rings is 1. The molecule has 3 heteroatoms. The Morgan fingerprint density at radius 2 is 2.00 bits per heavy atom. The molecule has 1 aromatic carbocycles. The summed E-state index contributed by atoms with van der Waals surface area (Å²) < 4.78 is 4.68. The highest BCUT2D eigenvalue weighted by Crippen LogP contribution is 2.26. The zero-order valence-corrected chi connectivity index (χ0v) is 11.1. The highest BCUT2D eigenvalue weighted by molar-refractivity contribution is 5.89. The van der Waals surface area contributed by atoms with Crippen LogP contribution in [-0.2, 0) is 4.74 Å². The van der Waals surface area contributed by atoms with Gasteiger partial charge < -0.3 is 10.1 Å². The largest absolute Gasteiger partial charge is 0.465 e. The molecule has 2 atom stereocenters. The van der Waals surface area contributed by atoms with E-state index in [0.717, 1.165) is 11.6 Å². The van der Waals surface area contributed by atoms with E-state index in [-0.39, 0.29) is 5.97 Å². The third kappa shape index (κ3) is 3.25. The van der Waals surface area contributed by atoms with Crippen LogP contribution in [0.3, 0.4) is 0 Å². The Bertz CT molecular complexity index is 399. The minimum absolute atomic E-state index is 0.284. The van der Waals surface area contributed by atoms with Crippen molar-refractivity contribution >= 4 is 11.7 Å². The van der Waals surface area contributed by atoms with E-state index < -0.39 is 0 Å². The fourth-order valence-electron chi connectivity index (χ4n) is 2.62. The van der Waals surface area contributed by atoms with Crippen LogP contribution in [0.5, 0.6) is 0 Å². The predicted octanol–water partition coefficient (Wildman–Crippen LogP) is 3.46. The normalized spacial score (nSPS) is 23.4. The van der Waals surface area contributed by atoms with Gasteiger partial charge in [-0.1, -0.05) is 19.8 Å². The van der Waals surface area contributed by atoms with Gasteiger partial charge >= 0.3 is 5.97 Å². The minimum Gasteiger partial charge on any atom is -0.465 e. The molecule has 1 fully saturated rings. The fourth-order valence-corrected chi connectivity index (χ4v) is 2.62. The maximum absolute atomic E-state index is 11.3. The van der Waals surface area contributed by atoms with E-state index in [1.165, 1.54) is 32.8 Å². The van der Waals surface area contributed by atoms with Gasteiger partial charge in [0.2, 0.25) is 0 Å².